The molecule has 0 radical (unpaired) electrons. The van der Waals surface area contributed by atoms with E-state index < -0.39 is 44.3 Å². The van der Waals surface area contributed by atoms with Gasteiger partial charge in [0.1, 0.15) is 11.5 Å². The van der Waals surface area contributed by atoms with Crippen LogP contribution >= 0.6 is 0 Å². The van der Waals surface area contributed by atoms with Crippen LogP contribution in [-0.4, -0.2) is 42.9 Å². The minimum atomic E-state index is -3.66. The van der Waals surface area contributed by atoms with Gasteiger partial charge in [-0.05, 0) is 0 Å². The predicted molar refractivity (Wildman–Crippen MR) is 42.4 cm³/mol. The third-order valence-electron chi connectivity index (χ3n) is 1.17. The summed E-state index contributed by atoms with van der Waals surface area (Å²) >= 11 is 0. The van der Waals surface area contributed by atoms with Gasteiger partial charge in [-0.3, -0.25) is 20.2 Å². The highest BCUT2D eigenvalue weighted by atomic mass is 32.2. The molecule has 0 N–H and O–H groups in total. The van der Waals surface area contributed by atoms with E-state index in [1.165, 1.54) is 0 Å². The van der Waals surface area contributed by atoms with Crippen molar-refractivity contribution < 1.29 is 18.3 Å². The number of hydrogen-bond acceptors (Lipinski definition) is 6. The molecule has 0 amide bonds. The van der Waals surface area contributed by atoms with Crippen molar-refractivity contribution >= 4 is 9.84 Å². The average Bonchev–Trinajstić information content (AvgIpc) is 1.98. The first-order valence-electron chi connectivity index (χ1n) is 3.27. The van der Waals surface area contributed by atoms with E-state index in [-0.39, 0.29) is 0 Å². The normalized spacial score (nSPS) is 11.1. The Morgan fingerprint density at radius 3 is 1.46 bits per heavy atom. The molecule has 0 atom stereocenters. The van der Waals surface area contributed by atoms with Crippen molar-refractivity contribution in [2.24, 2.45) is 0 Å². The molecule has 0 saturated carbocycles. The highest BCUT2D eigenvalue weighted by Crippen LogP contribution is 1.90. The molecular weight excluding hydrogens is 204 g/mol. The van der Waals surface area contributed by atoms with Crippen LogP contribution in [0.5, 0.6) is 0 Å². The first kappa shape index (κ1) is 11.8. The summed E-state index contributed by atoms with van der Waals surface area (Å²) in [5.74, 6) is -1.29. The Labute approximate surface area is 73.8 Å². The van der Waals surface area contributed by atoms with E-state index >= 15 is 0 Å². The summed E-state index contributed by atoms with van der Waals surface area (Å²) in [6.45, 7) is -1.42. The third kappa shape index (κ3) is 7.12. The van der Waals surface area contributed by atoms with E-state index in [1.54, 1.807) is 0 Å². The Bertz CT molecular complexity index is 272. The van der Waals surface area contributed by atoms with Crippen molar-refractivity contribution in [3.63, 3.8) is 0 Å². The lowest BCUT2D eigenvalue weighted by Crippen LogP contribution is -2.22. The zero-order valence-electron chi connectivity index (χ0n) is 6.58. The zero-order chi connectivity index (χ0) is 10.5. The van der Waals surface area contributed by atoms with Crippen molar-refractivity contribution in [1.29, 1.82) is 0 Å². The number of hydrogen-bond donors (Lipinski definition) is 0. The summed E-state index contributed by atoms with van der Waals surface area (Å²) in [5, 5.41) is 19.6. The second-order valence-corrected chi connectivity index (χ2v) is 4.57. The average molecular weight is 212 g/mol. The lowest BCUT2D eigenvalue weighted by Gasteiger charge is -1.96. The van der Waals surface area contributed by atoms with Crippen LogP contribution in [0.15, 0.2) is 0 Å². The summed E-state index contributed by atoms with van der Waals surface area (Å²) in [6, 6.07) is 0. The van der Waals surface area contributed by atoms with Crippen LogP contribution < -0.4 is 0 Å². The minimum absolute atomic E-state index is 0.645. The van der Waals surface area contributed by atoms with Gasteiger partial charge in [-0.2, -0.15) is 0 Å². The molecule has 0 aromatic carbocycles. The van der Waals surface area contributed by atoms with Gasteiger partial charge in [0, 0.05) is 9.85 Å². The molecule has 76 valence electrons. The van der Waals surface area contributed by atoms with E-state index in [1.807, 2.05) is 0 Å². The second-order valence-electron chi connectivity index (χ2n) is 2.26. The van der Waals surface area contributed by atoms with E-state index in [0.717, 1.165) is 0 Å². The maximum Gasteiger partial charge on any atom is 0.217 e. The maximum atomic E-state index is 10.8. The number of sulfone groups is 1. The van der Waals surface area contributed by atoms with Crippen LogP contribution in [-0.2, 0) is 9.84 Å². The van der Waals surface area contributed by atoms with Crippen LogP contribution in [0.25, 0.3) is 0 Å². The van der Waals surface area contributed by atoms with E-state index in [2.05, 4.69) is 0 Å². The molecular formula is C4H8N2O6S. The highest BCUT2D eigenvalue weighted by molar-refractivity contribution is 7.91. The molecule has 0 spiro atoms. The number of rotatable bonds is 6. The highest BCUT2D eigenvalue weighted by Gasteiger charge is 2.17. The standard InChI is InChI=1S/C4H8N2O6S/c7-5(8)1-3-13(11,12)4-2-6(9)10/h1-4H2. The summed E-state index contributed by atoms with van der Waals surface area (Å²) in [6.07, 6.45) is 0. The van der Waals surface area contributed by atoms with E-state index in [9.17, 15) is 28.6 Å². The molecule has 8 nitrogen and oxygen atoms in total. The molecule has 0 aliphatic heterocycles. The Morgan fingerprint density at radius 2 is 1.23 bits per heavy atom. The first-order valence-corrected chi connectivity index (χ1v) is 5.09. The van der Waals surface area contributed by atoms with Crippen molar-refractivity contribution in [2.75, 3.05) is 24.6 Å². The maximum absolute atomic E-state index is 10.8. The van der Waals surface area contributed by atoms with Crippen molar-refractivity contribution in [1.82, 2.24) is 0 Å². The molecule has 0 fully saturated rings. The lowest BCUT2D eigenvalue weighted by molar-refractivity contribution is -0.475. The fourth-order valence-electron chi connectivity index (χ4n) is 0.529. The zero-order valence-corrected chi connectivity index (χ0v) is 7.40. The Kier molecular flexibility index (Phi) is 4.25. The number of nitrogens with zero attached hydrogens (tertiary/aromatic N) is 2. The fraction of sp³-hybridized carbons (Fsp3) is 1.00. The summed E-state index contributed by atoms with van der Waals surface area (Å²) in [7, 11) is -3.66. The van der Waals surface area contributed by atoms with E-state index in [4.69, 9.17) is 0 Å². The number of nitro groups is 2. The van der Waals surface area contributed by atoms with Gasteiger partial charge < -0.3 is 0 Å². The molecule has 0 heterocycles. The molecule has 0 aromatic heterocycles. The van der Waals surface area contributed by atoms with Crippen LogP contribution in [0.3, 0.4) is 0 Å². The van der Waals surface area contributed by atoms with Gasteiger partial charge in [0.25, 0.3) is 0 Å². The predicted octanol–water partition coefficient (Wildman–Crippen LogP) is -1.05. The molecule has 0 saturated heterocycles. The van der Waals surface area contributed by atoms with Gasteiger partial charge in [0.2, 0.25) is 13.1 Å². The van der Waals surface area contributed by atoms with Gasteiger partial charge in [0.05, 0.1) is 0 Å². The molecule has 0 rings (SSSR count). The van der Waals surface area contributed by atoms with Gasteiger partial charge in [0.15, 0.2) is 9.84 Å². The smallest absolute Gasteiger partial charge is 0.217 e. The van der Waals surface area contributed by atoms with Crippen molar-refractivity contribution in [3.8, 4) is 0 Å². The molecule has 13 heavy (non-hydrogen) atoms. The largest absolute Gasteiger partial charge is 0.265 e. The Balaban J connectivity index is 3.95. The van der Waals surface area contributed by atoms with Crippen LogP contribution in [0.2, 0.25) is 0 Å². The molecule has 0 unspecified atom stereocenters. The molecule has 9 heteroatoms. The SMILES string of the molecule is O=[N+]([O-])CCS(=O)(=O)CC[N+](=O)[O-]. The van der Waals surface area contributed by atoms with Crippen LogP contribution in [0.4, 0.5) is 0 Å². The topological polar surface area (TPSA) is 120 Å². The van der Waals surface area contributed by atoms with Gasteiger partial charge in [-0.25, -0.2) is 8.42 Å². The molecule has 0 aliphatic rings. The monoisotopic (exact) mass is 212 g/mol. The summed E-state index contributed by atoms with van der Waals surface area (Å²) < 4.78 is 21.7. The minimum Gasteiger partial charge on any atom is -0.265 e. The summed E-state index contributed by atoms with van der Waals surface area (Å²) in [5.41, 5.74) is 0. The lowest BCUT2D eigenvalue weighted by atomic mass is 10.8. The van der Waals surface area contributed by atoms with E-state index in [0.29, 0.717) is 0 Å². The van der Waals surface area contributed by atoms with Crippen molar-refractivity contribution in [3.05, 3.63) is 20.2 Å². The fourth-order valence-corrected chi connectivity index (χ4v) is 1.59. The second kappa shape index (κ2) is 4.70. The van der Waals surface area contributed by atoms with Gasteiger partial charge in [-0.1, -0.05) is 0 Å². The Morgan fingerprint density at radius 1 is 0.923 bits per heavy atom. The summed E-state index contributed by atoms with van der Waals surface area (Å²) in [4.78, 5) is 18.0. The quantitative estimate of drug-likeness (QED) is 0.409. The molecule has 0 aliphatic carbocycles. The Hall–Kier alpha value is -1.25. The van der Waals surface area contributed by atoms with Gasteiger partial charge >= 0.3 is 0 Å². The van der Waals surface area contributed by atoms with Gasteiger partial charge in [-0.15, -0.1) is 0 Å². The van der Waals surface area contributed by atoms with Crippen molar-refractivity contribution in [2.45, 2.75) is 0 Å². The first-order chi connectivity index (χ1) is 5.83. The third-order valence-corrected chi connectivity index (χ3v) is 2.78. The van der Waals surface area contributed by atoms with Crippen LogP contribution in [0.1, 0.15) is 0 Å². The molecule has 0 aromatic rings. The van der Waals surface area contributed by atoms with Crippen LogP contribution in [0, 0.1) is 20.2 Å². The molecule has 0 bridgehead atoms.